The van der Waals surface area contributed by atoms with Crippen LogP contribution in [0.3, 0.4) is 0 Å². The monoisotopic (exact) mass is 164 g/mol. The second kappa shape index (κ2) is 5.94. The molecule has 0 aromatic rings. The maximum atomic E-state index is 8.56. The Balaban J connectivity index is 0. The van der Waals surface area contributed by atoms with Gasteiger partial charge in [0.15, 0.2) is 0 Å². The van der Waals surface area contributed by atoms with Crippen LogP contribution in [0.4, 0.5) is 4.79 Å². The maximum absolute atomic E-state index is 8.56. The predicted molar refractivity (Wildman–Crippen MR) is 42.3 cm³/mol. The third-order valence-electron chi connectivity index (χ3n) is 1.32. The summed E-state index contributed by atoms with van der Waals surface area (Å²) in [5.74, 6) is 0. The molecule has 0 amide bonds. The van der Waals surface area contributed by atoms with Crippen molar-refractivity contribution in [2.75, 3.05) is 0 Å². The van der Waals surface area contributed by atoms with Crippen LogP contribution in [0.1, 0.15) is 26.7 Å². The number of hydrogen-bond acceptors (Lipinski definition) is 3. The van der Waals surface area contributed by atoms with E-state index in [0.717, 1.165) is 12.8 Å². The van der Waals surface area contributed by atoms with Crippen LogP contribution >= 0.6 is 0 Å². The van der Waals surface area contributed by atoms with Crippen molar-refractivity contribution in [2.24, 2.45) is 11.5 Å². The molecular weight excluding hydrogens is 148 g/mol. The van der Waals surface area contributed by atoms with Gasteiger partial charge in [-0.15, -0.1) is 0 Å². The Morgan fingerprint density at radius 3 is 1.45 bits per heavy atom. The standard InChI is InChI=1S/C5H14N2.CH2O3/c1-3-5(6,7)4-2;2-1(3)4/h3-4,6-7H2,1-2H3;(H2,2,3,4). The van der Waals surface area contributed by atoms with Gasteiger partial charge in [-0.05, 0) is 12.8 Å². The van der Waals surface area contributed by atoms with E-state index in [2.05, 4.69) is 0 Å². The molecule has 0 atom stereocenters. The molecule has 0 radical (unpaired) electrons. The van der Waals surface area contributed by atoms with Crippen molar-refractivity contribution in [3.8, 4) is 0 Å². The van der Waals surface area contributed by atoms with Crippen LogP contribution in [-0.4, -0.2) is 22.0 Å². The zero-order valence-electron chi connectivity index (χ0n) is 6.87. The fourth-order valence-corrected chi connectivity index (χ4v) is 0.250. The van der Waals surface area contributed by atoms with E-state index in [0.29, 0.717) is 0 Å². The average molecular weight is 164 g/mol. The number of rotatable bonds is 2. The van der Waals surface area contributed by atoms with Gasteiger partial charge in [0, 0.05) is 0 Å². The van der Waals surface area contributed by atoms with Gasteiger partial charge in [-0.25, -0.2) is 4.79 Å². The summed E-state index contributed by atoms with van der Waals surface area (Å²) < 4.78 is 0. The highest BCUT2D eigenvalue weighted by Crippen LogP contribution is 1.99. The summed E-state index contributed by atoms with van der Waals surface area (Å²) >= 11 is 0. The summed E-state index contributed by atoms with van der Waals surface area (Å²) in [6.45, 7) is 3.98. The van der Waals surface area contributed by atoms with Gasteiger partial charge >= 0.3 is 6.16 Å². The van der Waals surface area contributed by atoms with Gasteiger partial charge in [-0.1, -0.05) is 13.8 Å². The molecule has 0 rings (SSSR count). The topological polar surface area (TPSA) is 110 Å². The smallest absolute Gasteiger partial charge is 0.450 e. The van der Waals surface area contributed by atoms with Crippen LogP contribution < -0.4 is 11.5 Å². The molecule has 0 bridgehead atoms. The molecule has 0 saturated heterocycles. The number of carboxylic acid groups (broad SMARTS) is 2. The van der Waals surface area contributed by atoms with E-state index in [1.807, 2.05) is 13.8 Å². The molecule has 0 aliphatic rings. The SMILES string of the molecule is CCC(N)(N)CC.O=C(O)O. The Kier molecular flexibility index (Phi) is 6.92. The normalized spacial score (nSPS) is 9.82. The lowest BCUT2D eigenvalue weighted by molar-refractivity contribution is 0.137. The number of hydrogen-bond donors (Lipinski definition) is 4. The molecule has 6 N–H and O–H groups in total. The van der Waals surface area contributed by atoms with Gasteiger partial charge in [0.2, 0.25) is 0 Å². The third kappa shape index (κ3) is 17.6. The first-order valence-electron chi connectivity index (χ1n) is 3.35. The summed E-state index contributed by atoms with van der Waals surface area (Å²) in [5.41, 5.74) is 10.6. The van der Waals surface area contributed by atoms with Crippen molar-refractivity contribution in [3.05, 3.63) is 0 Å². The van der Waals surface area contributed by atoms with E-state index in [1.165, 1.54) is 0 Å². The van der Waals surface area contributed by atoms with Gasteiger partial charge in [0.1, 0.15) is 0 Å². The lowest BCUT2D eigenvalue weighted by atomic mass is 10.1. The Bertz CT molecular complexity index is 104. The van der Waals surface area contributed by atoms with Crippen LogP contribution in [0.2, 0.25) is 0 Å². The largest absolute Gasteiger partial charge is 0.503 e. The molecule has 68 valence electrons. The lowest BCUT2D eigenvalue weighted by Crippen LogP contribution is -2.47. The molecular formula is C6H16N2O3. The van der Waals surface area contributed by atoms with Crippen molar-refractivity contribution in [1.82, 2.24) is 0 Å². The molecule has 0 spiro atoms. The quantitative estimate of drug-likeness (QED) is 0.448. The summed E-state index contributed by atoms with van der Waals surface area (Å²) in [6.07, 6.45) is -0.132. The van der Waals surface area contributed by atoms with Gasteiger partial charge in [-0.2, -0.15) is 0 Å². The molecule has 0 aromatic heterocycles. The van der Waals surface area contributed by atoms with Crippen molar-refractivity contribution in [1.29, 1.82) is 0 Å². The van der Waals surface area contributed by atoms with Gasteiger partial charge in [-0.3, -0.25) is 0 Å². The molecule has 0 heterocycles. The first-order chi connectivity index (χ1) is 4.85. The van der Waals surface area contributed by atoms with Gasteiger partial charge in [0.05, 0.1) is 5.66 Å². The van der Waals surface area contributed by atoms with E-state index in [4.69, 9.17) is 26.5 Å². The first-order valence-corrected chi connectivity index (χ1v) is 3.35. The molecule has 0 aliphatic carbocycles. The maximum Gasteiger partial charge on any atom is 0.503 e. The van der Waals surface area contributed by atoms with E-state index < -0.39 is 11.8 Å². The average Bonchev–Trinajstić information content (AvgIpc) is 1.87. The van der Waals surface area contributed by atoms with E-state index in [1.54, 1.807) is 0 Å². The second-order valence-electron chi connectivity index (χ2n) is 2.22. The highest BCUT2D eigenvalue weighted by atomic mass is 16.6. The molecule has 5 heteroatoms. The molecule has 0 fully saturated rings. The minimum Gasteiger partial charge on any atom is -0.450 e. The molecule has 0 aromatic carbocycles. The Hall–Kier alpha value is -0.810. The molecule has 11 heavy (non-hydrogen) atoms. The number of carbonyl (C=O) groups is 1. The Labute approximate surface area is 66.0 Å². The molecule has 0 saturated carbocycles. The highest BCUT2D eigenvalue weighted by molar-refractivity contribution is 5.53. The second-order valence-corrected chi connectivity index (χ2v) is 2.22. The summed E-state index contributed by atoms with van der Waals surface area (Å²) in [5, 5.41) is 13.9. The van der Waals surface area contributed by atoms with Crippen molar-refractivity contribution < 1.29 is 15.0 Å². The fraction of sp³-hybridized carbons (Fsp3) is 0.833. The highest BCUT2D eigenvalue weighted by Gasteiger charge is 2.10. The lowest BCUT2D eigenvalue weighted by Gasteiger charge is -2.19. The molecule has 5 nitrogen and oxygen atoms in total. The third-order valence-corrected chi connectivity index (χ3v) is 1.32. The van der Waals surface area contributed by atoms with Crippen LogP contribution in [0.15, 0.2) is 0 Å². The first kappa shape index (κ1) is 12.8. The van der Waals surface area contributed by atoms with Crippen LogP contribution in [0.25, 0.3) is 0 Å². The Morgan fingerprint density at radius 1 is 1.27 bits per heavy atom. The summed E-state index contributed by atoms with van der Waals surface area (Å²) in [7, 11) is 0. The van der Waals surface area contributed by atoms with E-state index in [9.17, 15) is 0 Å². The van der Waals surface area contributed by atoms with Crippen molar-refractivity contribution in [2.45, 2.75) is 32.4 Å². The van der Waals surface area contributed by atoms with Crippen LogP contribution in [0.5, 0.6) is 0 Å². The van der Waals surface area contributed by atoms with Crippen molar-refractivity contribution in [3.63, 3.8) is 0 Å². The molecule has 0 unspecified atom stereocenters. The Morgan fingerprint density at radius 2 is 1.45 bits per heavy atom. The number of nitrogens with two attached hydrogens (primary N) is 2. The zero-order valence-corrected chi connectivity index (χ0v) is 6.87. The zero-order chi connectivity index (χ0) is 9.49. The fourth-order valence-electron chi connectivity index (χ4n) is 0.250. The van der Waals surface area contributed by atoms with E-state index in [-0.39, 0.29) is 0 Å². The minimum atomic E-state index is -1.83. The van der Waals surface area contributed by atoms with E-state index >= 15 is 0 Å². The van der Waals surface area contributed by atoms with Gasteiger partial charge < -0.3 is 21.7 Å². The van der Waals surface area contributed by atoms with Crippen LogP contribution in [-0.2, 0) is 0 Å². The summed E-state index contributed by atoms with van der Waals surface area (Å²) in [4.78, 5) is 8.56. The van der Waals surface area contributed by atoms with Crippen LogP contribution in [0, 0.1) is 0 Å². The predicted octanol–water partition coefficient (Wildman–Crippen LogP) is 0.642. The van der Waals surface area contributed by atoms with Gasteiger partial charge in [0.25, 0.3) is 0 Å². The minimum absolute atomic E-state index is 0.417. The molecule has 0 aliphatic heterocycles. The summed E-state index contributed by atoms with van der Waals surface area (Å²) in [6, 6.07) is 0. The van der Waals surface area contributed by atoms with Crippen molar-refractivity contribution >= 4 is 6.16 Å².